The molecule has 2 atom stereocenters. The molecule has 0 bridgehead atoms. The summed E-state index contributed by atoms with van der Waals surface area (Å²) in [5.74, 6) is -2.93. The Bertz CT molecular complexity index is 1870. The highest BCUT2D eigenvalue weighted by atomic mass is 19.4. The van der Waals surface area contributed by atoms with E-state index >= 15 is 0 Å². The minimum atomic E-state index is -4.87. The number of benzene rings is 4. The van der Waals surface area contributed by atoms with Crippen LogP contribution in [0.2, 0.25) is 0 Å². The molecule has 6 rings (SSSR count). The summed E-state index contributed by atoms with van der Waals surface area (Å²) in [7, 11) is 0. The SMILES string of the molecule is O=C(O)CC(NC(=O)C1c2cc(OCc3cccc(C(F)(F)F)c3F)ccc2CCN1C(=O)CC1CCCC1)c1ccc(-c2ccccc2)cc1. The highest BCUT2D eigenvalue weighted by Crippen LogP contribution is 2.37. The number of rotatable bonds is 11. The highest BCUT2D eigenvalue weighted by Gasteiger charge is 2.39. The van der Waals surface area contributed by atoms with Crippen molar-refractivity contribution in [2.75, 3.05) is 6.54 Å². The van der Waals surface area contributed by atoms with E-state index in [-0.39, 0.29) is 36.1 Å². The molecular weight excluding hydrogens is 664 g/mol. The lowest BCUT2D eigenvalue weighted by atomic mass is 9.90. The summed E-state index contributed by atoms with van der Waals surface area (Å²) in [5.41, 5.74) is 2.00. The first-order chi connectivity index (χ1) is 24.5. The average molecular weight is 703 g/mol. The van der Waals surface area contributed by atoms with Crippen molar-refractivity contribution in [3.05, 3.63) is 125 Å². The predicted octanol–water partition coefficient (Wildman–Crippen LogP) is 8.43. The Morgan fingerprint density at radius 3 is 2.29 bits per heavy atom. The minimum absolute atomic E-state index is 0.173. The quantitative estimate of drug-likeness (QED) is 0.153. The number of fused-ring (bicyclic) bond motifs is 1. The van der Waals surface area contributed by atoms with Gasteiger partial charge in [0.15, 0.2) is 0 Å². The van der Waals surface area contributed by atoms with Gasteiger partial charge in [0.25, 0.3) is 0 Å². The van der Waals surface area contributed by atoms with Gasteiger partial charge in [-0.05, 0) is 71.2 Å². The van der Waals surface area contributed by atoms with Crippen LogP contribution >= 0.6 is 0 Å². The van der Waals surface area contributed by atoms with E-state index in [0.717, 1.165) is 48.4 Å². The van der Waals surface area contributed by atoms with Gasteiger partial charge in [-0.25, -0.2) is 4.39 Å². The number of ether oxygens (including phenoxy) is 1. The van der Waals surface area contributed by atoms with Gasteiger partial charge < -0.3 is 20.1 Å². The topological polar surface area (TPSA) is 95.9 Å². The number of nitrogens with zero attached hydrogens (tertiary/aromatic N) is 1. The smallest absolute Gasteiger partial charge is 0.419 e. The van der Waals surface area contributed by atoms with Crippen LogP contribution in [0.25, 0.3) is 11.1 Å². The number of carboxylic acids is 1. The largest absolute Gasteiger partial charge is 0.489 e. The van der Waals surface area contributed by atoms with Crippen LogP contribution in [0.4, 0.5) is 17.6 Å². The van der Waals surface area contributed by atoms with Crippen molar-refractivity contribution in [2.24, 2.45) is 5.92 Å². The Morgan fingerprint density at radius 1 is 0.902 bits per heavy atom. The number of alkyl halides is 3. The molecule has 1 saturated carbocycles. The van der Waals surface area contributed by atoms with Crippen LogP contribution in [-0.2, 0) is 33.6 Å². The summed E-state index contributed by atoms with van der Waals surface area (Å²) in [6.45, 7) is -0.239. The first-order valence-corrected chi connectivity index (χ1v) is 17.0. The Morgan fingerprint density at radius 2 is 1.61 bits per heavy atom. The van der Waals surface area contributed by atoms with Crippen molar-refractivity contribution >= 4 is 17.8 Å². The van der Waals surface area contributed by atoms with E-state index in [1.54, 1.807) is 30.3 Å². The maximum atomic E-state index is 14.7. The Labute approximate surface area is 293 Å². The molecule has 1 aliphatic carbocycles. The van der Waals surface area contributed by atoms with Crippen molar-refractivity contribution < 1.29 is 41.8 Å². The first-order valence-electron chi connectivity index (χ1n) is 17.0. The summed E-state index contributed by atoms with van der Waals surface area (Å²) in [5, 5.41) is 12.7. The molecule has 2 N–H and O–H groups in total. The lowest BCUT2D eigenvalue weighted by Crippen LogP contribution is -2.48. The molecule has 1 heterocycles. The van der Waals surface area contributed by atoms with Crippen LogP contribution in [0.1, 0.15) is 78.4 Å². The molecule has 1 fully saturated rings. The molecule has 51 heavy (non-hydrogen) atoms. The molecule has 1 aliphatic heterocycles. The third kappa shape index (κ3) is 8.41. The fourth-order valence-electron chi connectivity index (χ4n) is 7.10. The van der Waals surface area contributed by atoms with Gasteiger partial charge in [-0.3, -0.25) is 14.4 Å². The van der Waals surface area contributed by atoms with Gasteiger partial charge >= 0.3 is 12.1 Å². The number of hydrogen-bond acceptors (Lipinski definition) is 4. The molecule has 7 nitrogen and oxygen atoms in total. The number of hydrogen-bond donors (Lipinski definition) is 2. The third-order valence-corrected chi connectivity index (χ3v) is 9.75. The maximum Gasteiger partial charge on any atom is 0.419 e. The van der Waals surface area contributed by atoms with Crippen molar-refractivity contribution in [3.8, 4) is 16.9 Å². The summed E-state index contributed by atoms with van der Waals surface area (Å²) in [6.07, 6.45) is -0.620. The zero-order chi connectivity index (χ0) is 36.1. The number of aliphatic carboxylic acids is 1. The van der Waals surface area contributed by atoms with Crippen LogP contribution in [0, 0.1) is 11.7 Å². The number of carbonyl (C=O) groups excluding carboxylic acids is 2. The number of halogens is 4. The number of carboxylic acid groups (broad SMARTS) is 1. The second-order valence-corrected chi connectivity index (χ2v) is 13.2. The first kappa shape index (κ1) is 35.6. The molecule has 0 saturated heterocycles. The van der Waals surface area contributed by atoms with Crippen LogP contribution < -0.4 is 10.1 Å². The average Bonchev–Trinajstić information content (AvgIpc) is 3.63. The monoisotopic (exact) mass is 702 g/mol. The minimum Gasteiger partial charge on any atom is -0.489 e. The molecular formula is C40H38F4N2O5. The summed E-state index contributed by atoms with van der Waals surface area (Å²) < 4.78 is 60.4. The van der Waals surface area contributed by atoms with Crippen LogP contribution in [0.15, 0.2) is 91.0 Å². The third-order valence-electron chi connectivity index (χ3n) is 9.75. The zero-order valence-corrected chi connectivity index (χ0v) is 27.8. The zero-order valence-electron chi connectivity index (χ0n) is 27.8. The van der Waals surface area contributed by atoms with Crippen molar-refractivity contribution in [1.82, 2.24) is 10.2 Å². The standard InChI is InChI=1S/C40H38F4N2O5/c41-37-30(11-6-12-33(37)40(42,43)44)24-51-31-18-17-28-19-20-46(35(47)21-25-7-4-5-8-25)38(32(28)22-31)39(50)45-34(23-36(48)49)29-15-13-27(14-16-29)26-9-2-1-3-10-26/h1-3,6,9-18,22,25,34,38H,4-5,7-8,19-21,23-24H2,(H,45,50)(H,48,49). The molecule has 11 heteroatoms. The lowest BCUT2D eigenvalue weighted by Gasteiger charge is -2.38. The fraction of sp³-hybridized carbons (Fsp3) is 0.325. The summed E-state index contributed by atoms with van der Waals surface area (Å²) in [4.78, 5) is 41.7. The summed E-state index contributed by atoms with van der Waals surface area (Å²) >= 11 is 0. The highest BCUT2D eigenvalue weighted by molar-refractivity contribution is 5.90. The van der Waals surface area contributed by atoms with Gasteiger partial charge in [0.05, 0.1) is 18.0 Å². The lowest BCUT2D eigenvalue weighted by molar-refractivity contribution is -0.143. The van der Waals surface area contributed by atoms with Crippen LogP contribution in [-0.4, -0.2) is 34.3 Å². The van der Waals surface area contributed by atoms with Crippen LogP contribution in [0.5, 0.6) is 5.75 Å². The van der Waals surface area contributed by atoms with E-state index in [2.05, 4.69) is 5.32 Å². The Kier molecular flexibility index (Phi) is 10.7. The molecule has 0 spiro atoms. The van der Waals surface area contributed by atoms with Crippen molar-refractivity contribution in [1.29, 1.82) is 0 Å². The second-order valence-electron chi connectivity index (χ2n) is 13.2. The fourth-order valence-corrected chi connectivity index (χ4v) is 7.10. The Hall–Kier alpha value is -5.19. The van der Waals surface area contributed by atoms with Gasteiger partial charge in [-0.2, -0.15) is 13.2 Å². The predicted molar refractivity (Wildman–Crippen MR) is 182 cm³/mol. The molecule has 4 aromatic rings. The molecule has 2 amide bonds. The molecule has 266 valence electrons. The normalized spacial score (nSPS) is 16.7. The van der Waals surface area contributed by atoms with Crippen molar-refractivity contribution in [3.63, 3.8) is 0 Å². The second kappa shape index (κ2) is 15.4. The van der Waals surface area contributed by atoms with Gasteiger partial charge in [0, 0.05) is 18.5 Å². The van der Waals surface area contributed by atoms with E-state index in [0.29, 0.717) is 23.6 Å². The van der Waals surface area contributed by atoms with E-state index in [1.807, 2.05) is 42.5 Å². The van der Waals surface area contributed by atoms with E-state index in [9.17, 15) is 37.1 Å². The number of nitrogens with one attached hydrogen (secondary N) is 1. The van der Waals surface area contributed by atoms with Crippen LogP contribution in [0.3, 0.4) is 0 Å². The summed E-state index contributed by atoms with van der Waals surface area (Å²) in [6, 6.07) is 22.7. The molecule has 2 unspecified atom stereocenters. The number of carbonyl (C=O) groups is 3. The maximum absolute atomic E-state index is 14.7. The number of amides is 2. The molecule has 0 radical (unpaired) electrons. The Balaban J connectivity index is 1.29. The molecule has 2 aliphatic rings. The van der Waals surface area contributed by atoms with Crippen molar-refractivity contribution in [2.45, 2.75) is 69.8 Å². The van der Waals surface area contributed by atoms with E-state index in [4.69, 9.17) is 4.74 Å². The van der Waals surface area contributed by atoms with E-state index < -0.39 is 54.5 Å². The van der Waals surface area contributed by atoms with Gasteiger partial charge in [-0.15, -0.1) is 0 Å². The van der Waals surface area contributed by atoms with Gasteiger partial charge in [0.1, 0.15) is 24.2 Å². The molecule has 0 aromatic heterocycles. The van der Waals surface area contributed by atoms with Gasteiger partial charge in [0.2, 0.25) is 11.8 Å². The van der Waals surface area contributed by atoms with E-state index in [1.165, 1.54) is 11.0 Å². The molecule has 4 aromatic carbocycles. The van der Waals surface area contributed by atoms with Gasteiger partial charge in [-0.1, -0.05) is 85.6 Å².